The molecular formula is C51H43IrN7O2-2. The number of hydrogen-bond donors (Lipinski definition) is 0. The summed E-state index contributed by atoms with van der Waals surface area (Å²) in [6.07, 6.45) is 5.65. The van der Waals surface area contributed by atoms with Crippen LogP contribution in [0.2, 0.25) is 0 Å². The van der Waals surface area contributed by atoms with Gasteiger partial charge in [0.25, 0.3) is 0 Å². The number of oxazole rings is 2. The summed E-state index contributed by atoms with van der Waals surface area (Å²) in [5, 5.41) is 8.75. The number of para-hydroxylation sites is 2. The summed E-state index contributed by atoms with van der Waals surface area (Å²) in [6, 6.07) is 47.9. The Kier molecular flexibility index (Phi) is 11.7. The van der Waals surface area contributed by atoms with Gasteiger partial charge in [-0.25, -0.2) is 9.97 Å². The zero-order valence-electron chi connectivity index (χ0n) is 34.7. The Bertz CT molecular complexity index is 3000. The normalized spacial score (nSPS) is 11.3. The van der Waals surface area contributed by atoms with Gasteiger partial charge in [0.05, 0.1) is 28.5 Å². The largest absolute Gasteiger partial charge is 0.488 e. The van der Waals surface area contributed by atoms with E-state index in [4.69, 9.17) is 8.83 Å². The Labute approximate surface area is 368 Å². The number of rotatable bonds is 8. The van der Waals surface area contributed by atoms with Crippen LogP contribution in [0.25, 0.3) is 78.6 Å². The Morgan fingerprint density at radius 2 is 1.08 bits per heavy atom. The molecule has 4 aromatic heterocycles. The molecule has 4 heterocycles. The number of aromatic nitrogens is 7. The van der Waals surface area contributed by atoms with Crippen LogP contribution in [0, 0.1) is 26.0 Å². The monoisotopic (exact) mass is 978 g/mol. The molecule has 305 valence electrons. The van der Waals surface area contributed by atoms with E-state index >= 15 is 0 Å². The number of benzene rings is 6. The van der Waals surface area contributed by atoms with E-state index in [9.17, 15) is 0 Å². The van der Waals surface area contributed by atoms with Crippen molar-refractivity contribution < 1.29 is 28.9 Å². The van der Waals surface area contributed by atoms with Crippen LogP contribution in [0.1, 0.15) is 62.4 Å². The average molecular weight is 978 g/mol. The Balaban J connectivity index is 0.000000169. The Morgan fingerprint density at radius 1 is 0.574 bits per heavy atom. The maximum absolute atomic E-state index is 5.62. The fourth-order valence-electron chi connectivity index (χ4n) is 7.79. The van der Waals surface area contributed by atoms with E-state index in [0.29, 0.717) is 35.0 Å². The summed E-state index contributed by atoms with van der Waals surface area (Å²) < 4.78 is 15.4. The minimum atomic E-state index is 0. The molecule has 10 heteroatoms. The van der Waals surface area contributed by atoms with Crippen molar-refractivity contribution in [2.24, 2.45) is 0 Å². The van der Waals surface area contributed by atoms with Crippen molar-refractivity contribution in [2.75, 3.05) is 0 Å². The van der Waals surface area contributed by atoms with Crippen molar-refractivity contribution in [1.82, 2.24) is 34.3 Å². The molecule has 0 unspecified atom stereocenters. The number of nitrogens with zero attached hydrogens (tertiary/aromatic N) is 7. The van der Waals surface area contributed by atoms with Gasteiger partial charge >= 0.3 is 0 Å². The van der Waals surface area contributed by atoms with Crippen molar-refractivity contribution in [1.29, 1.82) is 0 Å². The molecule has 61 heavy (non-hydrogen) atoms. The first-order chi connectivity index (χ1) is 29.2. The van der Waals surface area contributed by atoms with Crippen LogP contribution in [-0.2, 0) is 20.1 Å². The zero-order valence-corrected chi connectivity index (χ0v) is 37.1. The topological polar surface area (TPSA) is 101 Å². The van der Waals surface area contributed by atoms with E-state index in [1.165, 1.54) is 16.8 Å². The van der Waals surface area contributed by atoms with E-state index in [-0.39, 0.29) is 20.1 Å². The predicted molar refractivity (Wildman–Crippen MR) is 237 cm³/mol. The number of aryl methyl sites for hydroxylation is 2. The molecule has 0 saturated heterocycles. The van der Waals surface area contributed by atoms with Gasteiger partial charge in [-0.1, -0.05) is 125 Å². The third kappa shape index (κ3) is 8.12. The molecule has 9 nitrogen and oxygen atoms in total. The van der Waals surface area contributed by atoms with Crippen LogP contribution in [0.3, 0.4) is 0 Å². The maximum Gasteiger partial charge on any atom is 0.180 e. The molecule has 0 atom stereocenters. The second-order valence-corrected chi connectivity index (χ2v) is 15.3. The minimum Gasteiger partial charge on any atom is -0.488 e. The number of fused-ring (bicyclic) bond motifs is 2. The Hall–Kier alpha value is -6.74. The van der Waals surface area contributed by atoms with E-state index in [1.807, 2.05) is 67.2 Å². The molecule has 0 bridgehead atoms. The molecule has 0 fully saturated rings. The molecular weight excluding hydrogens is 935 g/mol. The van der Waals surface area contributed by atoms with E-state index in [2.05, 4.69) is 154 Å². The molecule has 0 saturated carbocycles. The third-order valence-corrected chi connectivity index (χ3v) is 10.6. The number of imidazole rings is 1. The van der Waals surface area contributed by atoms with Crippen molar-refractivity contribution in [2.45, 2.75) is 53.4 Å². The third-order valence-electron chi connectivity index (χ3n) is 10.6. The molecule has 6 aromatic carbocycles. The van der Waals surface area contributed by atoms with Gasteiger partial charge in [0, 0.05) is 74.2 Å². The van der Waals surface area contributed by atoms with Crippen molar-refractivity contribution in [3.63, 3.8) is 0 Å². The predicted octanol–water partition coefficient (Wildman–Crippen LogP) is 12.6. The fraction of sp³-hybridized carbons (Fsp3) is 0.157. The molecule has 0 aliphatic heterocycles. The molecule has 10 rings (SSSR count). The van der Waals surface area contributed by atoms with Crippen LogP contribution in [0.4, 0.5) is 0 Å². The summed E-state index contributed by atoms with van der Waals surface area (Å²) >= 11 is 0. The molecule has 0 aliphatic carbocycles. The van der Waals surface area contributed by atoms with Gasteiger partial charge in [-0.15, -0.1) is 52.6 Å². The first-order valence-corrected chi connectivity index (χ1v) is 20.1. The summed E-state index contributed by atoms with van der Waals surface area (Å²) in [5.74, 6) is 3.67. The second kappa shape index (κ2) is 17.5. The molecule has 0 N–H and O–H groups in total. The summed E-state index contributed by atoms with van der Waals surface area (Å²) in [4.78, 5) is 13.6. The molecule has 10 aromatic rings. The minimum absolute atomic E-state index is 0. The molecule has 1 radical (unpaired) electrons. The summed E-state index contributed by atoms with van der Waals surface area (Å²) in [5.41, 5.74) is 14.1. The van der Waals surface area contributed by atoms with Crippen LogP contribution < -0.4 is 0 Å². The van der Waals surface area contributed by atoms with Gasteiger partial charge in [0.1, 0.15) is 6.33 Å². The quantitative estimate of drug-likeness (QED) is 0.140. The summed E-state index contributed by atoms with van der Waals surface area (Å²) in [7, 11) is 0. The van der Waals surface area contributed by atoms with Crippen LogP contribution in [0.5, 0.6) is 0 Å². The van der Waals surface area contributed by atoms with Gasteiger partial charge in [-0.05, 0) is 34.1 Å². The zero-order chi connectivity index (χ0) is 41.3. The van der Waals surface area contributed by atoms with E-state index in [1.54, 1.807) is 6.33 Å². The van der Waals surface area contributed by atoms with E-state index < -0.39 is 0 Å². The van der Waals surface area contributed by atoms with Gasteiger partial charge in [0.15, 0.2) is 11.8 Å². The average Bonchev–Trinajstić information content (AvgIpc) is 4.09. The van der Waals surface area contributed by atoms with E-state index in [0.717, 1.165) is 61.5 Å². The van der Waals surface area contributed by atoms with Gasteiger partial charge < -0.3 is 18.0 Å². The number of hydrogen-bond acceptors (Lipinski definition) is 7. The van der Waals surface area contributed by atoms with Crippen molar-refractivity contribution in [3.05, 3.63) is 175 Å². The fourth-order valence-corrected chi connectivity index (χ4v) is 7.79. The summed E-state index contributed by atoms with van der Waals surface area (Å²) in [6.45, 7) is 12.6. The SMILES string of the molecule is Cc1nc2cc(-c3nccn3-c3c(C(C)C)cccc3C(C)C)[c-]cc2o1.Cc1nc2cc(-c3nncn3-c3c(-c4ccccc4)cccc3-c3ccccc3)[c-]cc2o1.[Ir]. The van der Waals surface area contributed by atoms with Gasteiger partial charge in [-0.2, -0.15) is 5.10 Å². The Morgan fingerprint density at radius 3 is 1.61 bits per heavy atom. The maximum atomic E-state index is 5.62. The van der Waals surface area contributed by atoms with Crippen LogP contribution in [-0.4, -0.2) is 34.3 Å². The second-order valence-electron chi connectivity index (χ2n) is 15.3. The molecule has 0 aliphatic rings. The first kappa shape index (κ1) is 41.0. The molecule has 0 amide bonds. The van der Waals surface area contributed by atoms with Crippen LogP contribution in [0.15, 0.2) is 149 Å². The smallest absolute Gasteiger partial charge is 0.180 e. The standard InChI is InChI=1S/C28H19N4O.C23H24N3O.Ir/c1-19-30-25-17-22(15-16-26(25)33-19)28-31-29-18-32(28)27-23(20-9-4-2-5-10-20)13-8-14-24(27)21-11-6-3-7-12-21;1-14(2)18-7-6-8-19(15(3)4)22(18)26-12-11-24-23(26)17-9-10-21-20(13-17)25-16(5)27-21;/h2-14,16-18H,1H3;6-8,10-15H,1-5H3;/q2*-1;. The van der Waals surface area contributed by atoms with Crippen molar-refractivity contribution >= 4 is 22.2 Å². The van der Waals surface area contributed by atoms with Gasteiger partial charge in [0.2, 0.25) is 0 Å². The molecule has 0 spiro atoms. The first-order valence-electron chi connectivity index (χ1n) is 20.1. The van der Waals surface area contributed by atoms with Gasteiger partial charge in [-0.3, -0.25) is 4.98 Å². The van der Waals surface area contributed by atoms with Crippen LogP contribution >= 0.6 is 0 Å². The van der Waals surface area contributed by atoms with Crippen molar-refractivity contribution in [3.8, 4) is 56.4 Å².